The van der Waals surface area contributed by atoms with E-state index < -0.39 is 23.7 Å². The van der Waals surface area contributed by atoms with Gasteiger partial charge in [-0.25, -0.2) is 14.6 Å². The summed E-state index contributed by atoms with van der Waals surface area (Å²) in [5.74, 6) is -0.877. The van der Waals surface area contributed by atoms with E-state index >= 15 is 0 Å². The van der Waals surface area contributed by atoms with Crippen LogP contribution in [0.2, 0.25) is 0 Å². The Morgan fingerprint density at radius 2 is 1.92 bits per heavy atom. The first-order chi connectivity index (χ1) is 18.6. The number of benzene rings is 2. The molecule has 10 heteroatoms. The van der Waals surface area contributed by atoms with Crippen molar-refractivity contribution in [1.29, 1.82) is 5.26 Å². The fourth-order valence-electron chi connectivity index (χ4n) is 5.23. The van der Waals surface area contributed by atoms with Crippen molar-refractivity contribution in [3.63, 3.8) is 0 Å². The highest BCUT2D eigenvalue weighted by Gasteiger charge is 2.37. The summed E-state index contributed by atoms with van der Waals surface area (Å²) in [6, 6.07) is 15.9. The molecule has 0 saturated carbocycles. The van der Waals surface area contributed by atoms with E-state index in [0.717, 1.165) is 21.9 Å². The molecule has 1 aromatic heterocycles. The lowest BCUT2D eigenvalue weighted by Gasteiger charge is -2.42. The minimum atomic E-state index is -1.25. The standard InChI is InChI=1S/C29H31N5O5/c1-29(2,3)39-28(37)34-16-15-33(17-19(34)13-14-30)25-22-11-12-23(38-26(22)32-24(31-25)27(35)36)21-10-6-8-18-7-4-5-9-20(18)21/h4-10,19,23H,11-13,15-17H2,1-3H3,(H,35,36). The summed E-state index contributed by atoms with van der Waals surface area (Å²) in [6.07, 6.45) is 0.605. The van der Waals surface area contributed by atoms with Gasteiger partial charge in [0, 0.05) is 25.2 Å². The number of fused-ring (bicyclic) bond motifs is 2. The van der Waals surface area contributed by atoms with Crippen LogP contribution in [0.3, 0.4) is 0 Å². The molecule has 3 aromatic rings. The molecule has 39 heavy (non-hydrogen) atoms. The number of ether oxygens (including phenoxy) is 2. The van der Waals surface area contributed by atoms with Crippen molar-refractivity contribution in [3.05, 3.63) is 59.4 Å². The van der Waals surface area contributed by atoms with Gasteiger partial charge in [0.2, 0.25) is 11.7 Å². The van der Waals surface area contributed by atoms with Crippen molar-refractivity contribution in [1.82, 2.24) is 14.9 Å². The van der Waals surface area contributed by atoms with Gasteiger partial charge in [0.05, 0.1) is 24.1 Å². The van der Waals surface area contributed by atoms with Crippen LogP contribution >= 0.6 is 0 Å². The molecule has 1 N–H and O–H groups in total. The molecule has 202 valence electrons. The average Bonchev–Trinajstić information content (AvgIpc) is 2.91. The van der Waals surface area contributed by atoms with Crippen molar-refractivity contribution in [2.24, 2.45) is 0 Å². The minimum absolute atomic E-state index is 0.106. The van der Waals surface area contributed by atoms with Gasteiger partial charge >= 0.3 is 12.1 Å². The Kier molecular flexibility index (Phi) is 7.00. The second-order valence-electron chi connectivity index (χ2n) is 10.8. The summed E-state index contributed by atoms with van der Waals surface area (Å²) >= 11 is 0. The van der Waals surface area contributed by atoms with Crippen LogP contribution in [-0.2, 0) is 11.2 Å². The highest BCUT2D eigenvalue weighted by Crippen LogP contribution is 2.40. The Hall–Kier alpha value is -4.39. The molecule has 2 atom stereocenters. The fourth-order valence-corrected chi connectivity index (χ4v) is 5.23. The lowest BCUT2D eigenvalue weighted by molar-refractivity contribution is 0.0144. The number of amides is 1. The van der Waals surface area contributed by atoms with Crippen molar-refractivity contribution < 1.29 is 24.2 Å². The molecular weight excluding hydrogens is 498 g/mol. The van der Waals surface area contributed by atoms with Crippen LogP contribution in [0, 0.1) is 11.3 Å². The number of nitriles is 1. The number of aromatic carboxylic acids is 1. The molecule has 2 aromatic carbocycles. The normalized spacial score (nSPS) is 19.1. The molecule has 1 amide bonds. The Bertz CT molecular complexity index is 1460. The molecule has 0 bridgehead atoms. The molecule has 1 saturated heterocycles. The lowest BCUT2D eigenvalue weighted by Crippen LogP contribution is -2.56. The predicted octanol–water partition coefficient (Wildman–Crippen LogP) is 4.73. The van der Waals surface area contributed by atoms with Gasteiger partial charge in [-0.2, -0.15) is 10.2 Å². The van der Waals surface area contributed by atoms with E-state index in [-0.39, 0.29) is 24.2 Å². The second-order valence-corrected chi connectivity index (χ2v) is 10.8. The molecule has 3 heterocycles. The number of piperazine rings is 1. The second kappa shape index (κ2) is 10.4. The molecular formula is C29H31N5O5. The van der Waals surface area contributed by atoms with E-state index in [9.17, 15) is 20.0 Å². The zero-order valence-corrected chi connectivity index (χ0v) is 22.3. The SMILES string of the molecule is CC(C)(C)OC(=O)N1CCN(c2nc(C(=O)O)nc3c2CCC(c2cccc4ccccc24)O3)CC1CC#N. The number of carboxylic acid groups (broad SMARTS) is 1. The van der Waals surface area contributed by atoms with E-state index in [1.54, 1.807) is 25.7 Å². The van der Waals surface area contributed by atoms with Gasteiger partial charge in [0.25, 0.3) is 0 Å². The Labute approximate surface area is 226 Å². The molecule has 0 radical (unpaired) electrons. The summed E-state index contributed by atoms with van der Waals surface area (Å²) in [4.78, 5) is 37.0. The quantitative estimate of drug-likeness (QED) is 0.510. The molecule has 2 aliphatic rings. The van der Waals surface area contributed by atoms with E-state index in [0.29, 0.717) is 38.3 Å². The summed E-state index contributed by atoms with van der Waals surface area (Å²) < 4.78 is 11.9. The Morgan fingerprint density at radius 3 is 2.67 bits per heavy atom. The maximum absolute atomic E-state index is 12.8. The zero-order chi connectivity index (χ0) is 27.7. The molecule has 1 fully saturated rings. The number of hydrogen-bond donors (Lipinski definition) is 1. The van der Waals surface area contributed by atoms with Crippen LogP contribution in [-0.4, -0.2) is 63.3 Å². The van der Waals surface area contributed by atoms with Gasteiger partial charge in [-0.15, -0.1) is 0 Å². The highest BCUT2D eigenvalue weighted by molar-refractivity contribution is 5.86. The predicted molar refractivity (Wildman–Crippen MR) is 144 cm³/mol. The third-order valence-electron chi connectivity index (χ3n) is 6.96. The summed E-state index contributed by atoms with van der Waals surface area (Å²) in [7, 11) is 0. The van der Waals surface area contributed by atoms with Crippen LogP contribution < -0.4 is 9.64 Å². The van der Waals surface area contributed by atoms with Crippen molar-refractivity contribution in [2.75, 3.05) is 24.5 Å². The molecule has 5 rings (SSSR count). The number of carbonyl (C=O) groups excluding carboxylic acids is 1. The average molecular weight is 530 g/mol. The van der Waals surface area contributed by atoms with Gasteiger partial charge in [-0.05, 0) is 44.4 Å². The van der Waals surface area contributed by atoms with Crippen LogP contribution in [0.4, 0.5) is 10.6 Å². The van der Waals surface area contributed by atoms with E-state index in [1.807, 2.05) is 41.3 Å². The Balaban J connectivity index is 1.46. The maximum Gasteiger partial charge on any atom is 0.410 e. The zero-order valence-electron chi connectivity index (χ0n) is 22.3. The van der Waals surface area contributed by atoms with Crippen LogP contribution in [0.15, 0.2) is 42.5 Å². The smallest absolute Gasteiger partial charge is 0.410 e. The third-order valence-corrected chi connectivity index (χ3v) is 6.96. The van der Waals surface area contributed by atoms with Crippen molar-refractivity contribution in [3.8, 4) is 11.9 Å². The first-order valence-electron chi connectivity index (χ1n) is 13.0. The number of aromatic nitrogens is 2. The summed E-state index contributed by atoms with van der Waals surface area (Å²) in [5, 5.41) is 21.4. The van der Waals surface area contributed by atoms with Gasteiger partial charge in [-0.3, -0.25) is 0 Å². The van der Waals surface area contributed by atoms with Crippen molar-refractivity contribution in [2.45, 2.75) is 57.8 Å². The molecule has 0 aliphatic carbocycles. The molecule has 0 spiro atoms. The lowest BCUT2D eigenvalue weighted by atomic mass is 9.94. The number of carboxylic acids is 1. The first kappa shape index (κ1) is 26.2. The Morgan fingerprint density at radius 1 is 1.15 bits per heavy atom. The van der Waals surface area contributed by atoms with E-state index in [4.69, 9.17) is 9.47 Å². The monoisotopic (exact) mass is 529 g/mol. The minimum Gasteiger partial charge on any atom is -0.475 e. The van der Waals surface area contributed by atoms with Gasteiger partial charge in [-0.1, -0.05) is 42.5 Å². The van der Waals surface area contributed by atoms with Gasteiger partial charge in [0.15, 0.2) is 0 Å². The van der Waals surface area contributed by atoms with Crippen LogP contribution in [0.5, 0.6) is 5.88 Å². The number of rotatable bonds is 4. The molecule has 2 aliphatic heterocycles. The maximum atomic E-state index is 12.8. The number of nitrogens with zero attached hydrogens (tertiary/aromatic N) is 5. The number of carbonyl (C=O) groups is 2. The largest absolute Gasteiger partial charge is 0.475 e. The fraction of sp³-hybridized carbons (Fsp3) is 0.414. The van der Waals surface area contributed by atoms with Crippen LogP contribution in [0.25, 0.3) is 10.8 Å². The summed E-state index contributed by atoms with van der Waals surface area (Å²) in [6.45, 7) is 6.41. The van der Waals surface area contributed by atoms with E-state index in [2.05, 4.69) is 22.1 Å². The van der Waals surface area contributed by atoms with Gasteiger partial charge < -0.3 is 24.4 Å². The highest BCUT2D eigenvalue weighted by atomic mass is 16.6. The molecule has 2 unspecified atom stereocenters. The third kappa shape index (κ3) is 5.43. The topological polar surface area (TPSA) is 129 Å². The molecule has 10 nitrogen and oxygen atoms in total. The number of anilines is 1. The van der Waals surface area contributed by atoms with E-state index in [1.165, 1.54) is 0 Å². The first-order valence-corrected chi connectivity index (χ1v) is 13.0. The van der Waals surface area contributed by atoms with Crippen LogP contribution in [0.1, 0.15) is 61.5 Å². The van der Waals surface area contributed by atoms with Gasteiger partial charge in [0.1, 0.15) is 17.5 Å². The number of hydrogen-bond acceptors (Lipinski definition) is 8. The van der Waals surface area contributed by atoms with Crippen molar-refractivity contribution >= 4 is 28.7 Å². The summed E-state index contributed by atoms with van der Waals surface area (Å²) in [5.41, 5.74) is 1.10.